The van der Waals surface area contributed by atoms with Gasteiger partial charge in [0.15, 0.2) is 0 Å². The lowest BCUT2D eigenvalue weighted by Gasteiger charge is -2.02. The average molecular weight is 241 g/mol. The van der Waals surface area contributed by atoms with E-state index in [4.69, 9.17) is 10.4 Å². The SMILES string of the molecule is Cc1cc(S(N)(=O)=O)cc(C#N)c1[N+](=O)[O-]. The predicted octanol–water partition coefficient (Wildman–Crippen LogP) is 0.422. The van der Waals surface area contributed by atoms with Crippen molar-refractivity contribution in [1.29, 1.82) is 5.26 Å². The van der Waals surface area contributed by atoms with Crippen molar-refractivity contribution in [2.75, 3.05) is 0 Å². The van der Waals surface area contributed by atoms with Crippen molar-refractivity contribution in [3.63, 3.8) is 0 Å². The molecule has 1 aromatic carbocycles. The van der Waals surface area contributed by atoms with Gasteiger partial charge in [0.2, 0.25) is 10.0 Å². The molecule has 1 aromatic rings. The van der Waals surface area contributed by atoms with Crippen LogP contribution >= 0.6 is 0 Å². The number of rotatable bonds is 2. The van der Waals surface area contributed by atoms with E-state index in [0.717, 1.165) is 12.1 Å². The van der Waals surface area contributed by atoms with Crippen molar-refractivity contribution in [2.45, 2.75) is 11.8 Å². The van der Waals surface area contributed by atoms with E-state index in [2.05, 4.69) is 0 Å². The van der Waals surface area contributed by atoms with E-state index in [1.54, 1.807) is 6.07 Å². The quantitative estimate of drug-likeness (QED) is 0.592. The van der Waals surface area contributed by atoms with Gasteiger partial charge in [-0.3, -0.25) is 10.1 Å². The van der Waals surface area contributed by atoms with Crippen LogP contribution in [0.1, 0.15) is 11.1 Å². The molecule has 0 aliphatic heterocycles. The molecular formula is C8H7N3O4S. The van der Waals surface area contributed by atoms with Gasteiger partial charge < -0.3 is 0 Å². The molecule has 0 saturated carbocycles. The van der Waals surface area contributed by atoms with E-state index in [0.29, 0.717) is 0 Å². The second-order valence-corrected chi connectivity index (χ2v) is 4.61. The minimum Gasteiger partial charge on any atom is -0.258 e. The molecule has 7 nitrogen and oxygen atoms in total. The number of sulfonamides is 1. The van der Waals surface area contributed by atoms with Crippen LogP contribution in [0.15, 0.2) is 17.0 Å². The smallest absolute Gasteiger partial charge is 0.258 e. The molecule has 8 heteroatoms. The highest BCUT2D eigenvalue weighted by Crippen LogP contribution is 2.25. The predicted molar refractivity (Wildman–Crippen MR) is 53.9 cm³/mol. The van der Waals surface area contributed by atoms with Crippen LogP contribution in [-0.4, -0.2) is 13.3 Å². The monoisotopic (exact) mass is 241 g/mol. The molecule has 0 aliphatic carbocycles. The molecule has 0 spiro atoms. The minimum absolute atomic E-state index is 0.0769. The molecule has 0 heterocycles. The van der Waals surface area contributed by atoms with Crippen LogP contribution in [0.25, 0.3) is 0 Å². The van der Waals surface area contributed by atoms with Crippen LogP contribution in [0.3, 0.4) is 0 Å². The van der Waals surface area contributed by atoms with E-state index >= 15 is 0 Å². The first-order chi connectivity index (χ1) is 7.27. The number of nitrogens with two attached hydrogens (primary N) is 1. The molecule has 1 rings (SSSR count). The van der Waals surface area contributed by atoms with Gasteiger partial charge in [-0.2, -0.15) is 5.26 Å². The summed E-state index contributed by atoms with van der Waals surface area (Å²) in [5.74, 6) is 0. The molecule has 16 heavy (non-hydrogen) atoms. The summed E-state index contributed by atoms with van der Waals surface area (Å²) in [6.45, 7) is 1.34. The Bertz CT molecular complexity index is 600. The Morgan fingerprint density at radius 2 is 2.06 bits per heavy atom. The molecule has 0 radical (unpaired) electrons. The number of nitriles is 1. The Morgan fingerprint density at radius 3 is 2.44 bits per heavy atom. The highest BCUT2D eigenvalue weighted by molar-refractivity contribution is 7.89. The largest absolute Gasteiger partial charge is 0.290 e. The lowest BCUT2D eigenvalue weighted by atomic mass is 10.1. The molecule has 0 aromatic heterocycles. The fourth-order valence-corrected chi connectivity index (χ4v) is 1.86. The van der Waals surface area contributed by atoms with Gasteiger partial charge in [0.1, 0.15) is 11.6 Å². The van der Waals surface area contributed by atoms with Crippen LogP contribution in [0.2, 0.25) is 0 Å². The van der Waals surface area contributed by atoms with Gasteiger partial charge in [-0.15, -0.1) is 0 Å². The second kappa shape index (κ2) is 3.88. The Morgan fingerprint density at radius 1 is 1.50 bits per heavy atom. The maximum atomic E-state index is 11.0. The van der Waals surface area contributed by atoms with Crippen molar-refractivity contribution in [2.24, 2.45) is 5.14 Å². The summed E-state index contributed by atoms with van der Waals surface area (Å²) in [7, 11) is -3.97. The van der Waals surface area contributed by atoms with E-state index < -0.39 is 20.6 Å². The number of hydrogen-bond acceptors (Lipinski definition) is 5. The Hall–Kier alpha value is -1.98. The third-order valence-electron chi connectivity index (χ3n) is 1.91. The van der Waals surface area contributed by atoms with Crippen LogP contribution in [0, 0.1) is 28.4 Å². The molecule has 0 atom stereocenters. The first-order valence-electron chi connectivity index (χ1n) is 3.99. The van der Waals surface area contributed by atoms with Crippen molar-refractivity contribution >= 4 is 15.7 Å². The number of hydrogen-bond donors (Lipinski definition) is 1. The van der Waals surface area contributed by atoms with Crippen LogP contribution in [0.4, 0.5) is 5.69 Å². The number of nitro groups is 1. The van der Waals surface area contributed by atoms with Crippen LogP contribution in [-0.2, 0) is 10.0 Å². The fourth-order valence-electron chi connectivity index (χ4n) is 1.24. The van der Waals surface area contributed by atoms with E-state index in [-0.39, 0.29) is 16.0 Å². The normalized spacial score (nSPS) is 10.8. The van der Waals surface area contributed by atoms with Gasteiger partial charge in [0.05, 0.1) is 9.82 Å². The van der Waals surface area contributed by atoms with Crippen molar-refractivity contribution in [3.05, 3.63) is 33.4 Å². The van der Waals surface area contributed by atoms with E-state index in [1.807, 2.05) is 0 Å². The molecule has 0 amide bonds. The Balaban J connectivity index is 3.65. The van der Waals surface area contributed by atoms with Crippen LogP contribution in [0.5, 0.6) is 0 Å². The lowest BCUT2D eigenvalue weighted by molar-refractivity contribution is -0.385. The lowest BCUT2D eigenvalue weighted by Crippen LogP contribution is -2.13. The zero-order chi connectivity index (χ0) is 12.5. The third kappa shape index (κ3) is 2.16. The fraction of sp³-hybridized carbons (Fsp3) is 0.125. The summed E-state index contributed by atoms with van der Waals surface area (Å²) in [5.41, 5.74) is -0.656. The van der Waals surface area contributed by atoms with Gasteiger partial charge in [0.25, 0.3) is 5.69 Å². The van der Waals surface area contributed by atoms with Gasteiger partial charge in [-0.25, -0.2) is 13.6 Å². The van der Waals surface area contributed by atoms with Gasteiger partial charge >= 0.3 is 0 Å². The summed E-state index contributed by atoms with van der Waals surface area (Å²) in [6, 6.07) is 3.52. The summed E-state index contributed by atoms with van der Waals surface area (Å²) < 4.78 is 22.1. The first kappa shape index (κ1) is 12.1. The maximum Gasteiger partial charge on any atom is 0.290 e. The molecule has 0 bridgehead atoms. The molecule has 0 unspecified atom stereocenters. The van der Waals surface area contributed by atoms with Gasteiger partial charge in [0, 0.05) is 5.56 Å². The third-order valence-corrected chi connectivity index (χ3v) is 2.80. The van der Waals surface area contributed by atoms with Crippen molar-refractivity contribution < 1.29 is 13.3 Å². The maximum absolute atomic E-state index is 11.0. The summed E-state index contributed by atoms with van der Waals surface area (Å²) in [5, 5.41) is 24.2. The molecule has 0 aliphatic rings. The zero-order valence-corrected chi connectivity index (χ0v) is 8.98. The second-order valence-electron chi connectivity index (χ2n) is 3.05. The summed E-state index contributed by atoms with van der Waals surface area (Å²) in [6.07, 6.45) is 0. The molecule has 0 fully saturated rings. The van der Waals surface area contributed by atoms with E-state index in [1.165, 1.54) is 6.92 Å². The van der Waals surface area contributed by atoms with Crippen LogP contribution < -0.4 is 5.14 Å². The summed E-state index contributed by atoms with van der Waals surface area (Å²) >= 11 is 0. The minimum atomic E-state index is -3.97. The Labute approximate surface area is 91.3 Å². The molecular weight excluding hydrogens is 234 g/mol. The van der Waals surface area contributed by atoms with Crippen molar-refractivity contribution in [1.82, 2.24) is 0 Å². The van der Waals surface area contributed by atoms with E-state index in [9.17, 15) is 18.5 Å². The molecule has 0 saturated heterocycles. The summed E-state index contributed by atoms with van der Waals surface area (Å²) in [4.78, 5) is 9.59. The highest BCUT2D eigenvalue weighted by atomic mass is 32.2. The standard InChI is InChI=1S/C8H7N3O4S/c1-5-2-7(16(10,14)15)3-6(4-9)8(5)11(12)13/h2-3H,1H3,(H2,10,14,15). The zero-order valence-electron chi connectivity index (χ0n) is 8.17. The number of benzene rings is 1. The van der Waals surface area contributed by atoms with Gasteiger partial charge in [-0.1, -0.05) is 0 Å². The number of nitro benzene ring substituents is 1. The van der Waals surface area contributed by atoms with Gasteiger partial charge in [-0.05, 0) is 19.1 Å². The Kier molecular flexibility index (Phi) is 2.93. The first-order valence-corrected chi connectivity index (χ1v) is 5.54. The topological polar surface area (TPSA) is 127 Å². The molecule has 2 N–H and O–H groups in total. The number of primary sulfonamides is 1. The highest BCUT2D eigenvalue weighted by Gasteiger charge is 2.21. The average Bonchev–Trinajstić information content (AvgIpc) is 2.14. The molecule has 84 valence electrons. The van der Waals surface area contributed by atoms with Crippen molar-refractivity contribution in [3.8, 4) is 6.07 Å². The number of aryl methyl sites for hydroxylation is 1. The number of nitrogens with zero attached hydrogens (tertiary/aromatic N) is 2.